The minimum Gasteiger partial charge on any atom is -0.260 e. The van der Waals surface area contributed by atoms with Crippen LogP contribution >= 0.6 is 11.6 Å². The highest BCUT2D eigenvalue weighted by atomic mass is 35.5. The average Bonchev–Trinajstić information content (AvgIpc) is 2.09. The summed E-state index contributed by atoms with van der Waals surface area (Å²) in [4.78, 5) is 6.67. The van der Waals surface area contributed by atoms with Crippen molar-refractivity contribution in [3.05, 3.63) is 39.5 Å². The van der Waals surface area contributed by atoms with E-state index < -0.39 is 0 Å². The molecule has 0 radical (unpaired) electrons. The second kappa shape index (κ2) is 4.59. The van der Waals surface area contributed by atoms with Crippen molar-refractivity contribution < 1.29 is 0 Å². The molecule has 0 N–H and O–H groups in total. The fourth-order valence-corrected chi connectivity index (χ4v) is 0.875. The number of pyridine rings is 1. The van der Waals surface area contributed by atoms with E-state index in [4.69, 9.17) is 17.1 Å². The van der Waals surface area contributed by atoms with Gasteiger partial charge in [0.15, 0.2) is 0 Å². The molecule has 1 heterocycles. The predicted octanol–water partition coefficient (Wildman–Crippen LogP) is 2.59. The van der Waals surface area contributed by atoms with Gasteiger partial charge in [0.1, 0.15) is 0 Å². The lowest BCUT2D eigenvalue weighted by molar-refractivity contribution is 0.914. The summed E-state index contributed by atoms with van der Waals surface area (Å²) in [5.41, 5.74) is 8.89. The van der Waals surface area contributed by atoms with Gasteiger partial charge in [-0.15, -0.1) is 0 Å². The maximum atomic E-state index is 8.01. The molecule has 1 aromatic rings. The second-order valence-corrected chi connectivity index (χ2v) is 2.61. The van der Waals surface area contributed by atoms with Gasteiger partial charge in [-0.25, -0.2) is 0 Å². The molecule has 0 aliphatic heterocycles. The van der Waals surface area contributed by atoms with Crippen molar-refractivity contribution in [1.29, 1.82) is 0 Å². The molecule has 1 rings (SSSR count). The summed E-state index contributed by atoms with van der Waals surface area (Å²) in [7, 11) is 0. The number of hydrogen-bond acceptors (Lipinski definition) is 2. The van der Waals surface area contributed by atoms with Gasteiger partial charge in [0, 0.05) is 23.3 Å². The van der Waals surface area contributed by atoms with Crippen molar-refractivity contribution in [2.45, 2.75) is 6.42 Å². The predicted molar refractivity (Wildman–Crippen MR) is 47.0 cm³/mol. The summed E-state index contributed by atoms with van der Waals surface area (Å²) in [6.07, 6.45) is 2.23. The van der Waals surface area contributed by atoms with Crippen molar-refractivity contribution >= 4 is 11.6 Å². The molecule has 0 aliphatic rings. The Balaban J connectivity index is 2.53. The van der Waals surface area contributed by atoms with Crippen LogP contribution in [0, 0.1) is 0 Å². The fourth-order valence-electron chi connectivity index (χ4n) is 0.764. The van der Waals surface area contributed by atoms with Crippen LogP contribution in [0.3, 0.4) is 0 Å². The Bertz CT molecular complexity index is 289. The lowest BCUT2D eigenvalue weighted by Crippen LogP contribution is -1.91. The molecule has 0 aromatic carbocycles. The third-order valence-electron chi connectivity index (χ3n) is 1.32. The van der Waals surface area contributed by atoms with Crippen LogP contribution in [0.5, 0.6) is 0 Å². The van der Waals surface area contributed by atoms with E-state index in [2.05, 4.69) is 15.0 Å². The largest absolute Gasteiger partial charge is 0.260 e. The van der Waals surface area contributed by atoms with Crippen LogP contribution in [0.1, 0.15) is 5.69 Å². The van der Waals surface area contributed by atoms with Gasteiger partial charge in [-0.05, 0) is 24.1 Å². The third kappa shape index (κ3) is 2.78. The Kier molecular flexibility index (Phi) is 3.38. The highest BCUT2D eigenvalue weighted by Gasteiger charge is 1.92. The molecule has 5 heteroatoms. The van der Waals surface area contributed by atoms with Crippen LogP contribution in [-0.4, -0.2) is 11.5 Å². The van der Waals surface area contributed by atoms with Gasteiger partial charge in [-0.1, -0.05) is 16.7 Å². The van der Waals surface area contributed by atoms with Gasteiger partial charge >= 0.3 is 0 Å². The van der Waals surface area contributed by atoms with Gasteiger partial charge in [-0.3, -0.25) is 4.98 Å². The minimum absolute atomic E-state index is 0.436. The molecule has 0 fully saturated rings. The molecule has 0 spiro atoms. The molecule has 0 saturated carbocycles. The zero-order chi connectivity index (χ0) is 8.81. The maximum absolute atomic E-state index is 8.01. The van der Waals surface area contributed by atoms with Gasteiger partial charge in [0.05, 0.1) is 5.02 Å². The van der Waals surface area contributed by atoms with Crippen LogP contribution in [0.25, 0.3) is 10.4 Å². The van der Waals surface area contributed by atoms with Crippen molar-refractivity contribution in [2.24, 2.45) is 5.11 Å². The Hall–Kier alpha value is -1.25. The summed E-state index contributed by atoms with van der Waals surface area (Å²) < 4.78 is 0. The molecule has 0 saturated heterocycles. The van der Waals surface area contributed by atoms with Crippen LogP contribution in [0.15, 0.2) is 23.4 Å². The monoisotopic (exact) mass is 182 g/mol. The minimum atomic E-state index is 0.436. The van der Waals surface area contributed by atoms with E-state index in [0.717, 1.165) is 5.69 Å². The zero-order valence-corrected chi connectivity index (χ0v) is 7.07. The van der Waals surface area contributed by atoms with E-state index in [0.29, 0.717) is 18.0 Å². The highest BCUT2D eigenvalue weighted by Crippen LogP contribution is 2.06. The van der Waals surface area contributed by atoms with Crippen LogP contribution < -0.4 is 0 Å². The van der Waals surface area contributed by atoms with Gasteiger partial charge in [0.25, 0.3) is 0 Å². The van der Waals surface area contributed by atoms with Crippen LogP contribution in [0.4, 0.5) is 0 Å². The third-order valence-corrected chi connectivity index (χ3v) is 1.54. The summed E-state index contributed by atoms with van der Waals surface area (Å²) >= 11 is 5.63. The molecular weight excluding hydrogens is 176 g/mol. The number of azide groups is 1. The number of nitrogens with zero attached hydrogens (tertiary/aromatic N) is 4. The number of halogens is 1. The average molecular weight is 183 g/mol. The van der Waals surface area contributed by atoms with Crippen molar-refractivity contribution in [3.63, 3.8) is 0 Å². The number of rotatable bonds is 3. The molecule has 0 bridgehead atoms. The van der Waals surface area contributed by atoms with E-state index in [1.165, 1.54) is 0 Å². The lowest BCUT2D eigenvalue weighted by Gasteiger charge is -1.95. The van der Waals surface area contributed by atoms with Crippen LogP contribution in [0.2, 0.25) is 5.02 Å². The van der Waals surface area contributed by atoms with Crippen molar-refractivity contribution in [2.75, 3.05) is 6.54 Å². The summed E-state index contributed by atoms with van der Waals surface area (Å²) in [5, 5.41) is 4.01. The SMILES string of the molecule is [N-]=[N+]=NCCc1ccc(Cl)cn1. The Morgan fingerprint density at radius 2 is 2.42 bits per heavy atom. The molecule has 12 heavy (non-hydrogen) atoms. The Morgan fingerprint density at radius 3 is 3.00 bits per heavy atom. The van der Waals surface area contributed by atoms with Gasteiger partial charge < -0.3 is 0 Å². The first kappa shape index (κ1) is 8.84. The van der Waals surface area contributed by atoms with E-state index >= 15 is 0 Å². The summed E-state index contributed by atoms with van der Waals surface area (Å²) in [5.74, 6) is 0. The topological polar surface area (TPSA) is 61.7 Å². The van der Waals surface area contributed by atoms with E-state index in [9.17, 15) is 0 Å². The van der Waals surface area contributed by atoms with Gasteiger partial charge in [-0.2, -0.15) is 0 Å². The lowest BCUT2D eigenvalue weighted by atomic mass is 10.3. The molecule has 0 unspecified atom stereocenters. The molecule has 62 valence electrons. The first-order chi connectivity index (χ1) is 5.83. The quantitative estimate of drug-likeness (QED) is 0.403. The zero-order valence-electron chi connectivity index (χ0n) is 6.31. The molecule has 0 amide bonds. The first-order valence-corrected chi connectivity index (χ1v) is 3.82. The molecular formula is C7H7ClN4. The van der Waals surface area contributed by atoms with Gasteiger partial charge in [0.2, 0.25) is 0 Å². The highest BCUT2D eigenvalue weighted by molar-refractivity contribution is 6.30. The summed E-state index contributed by atoms with van der Waals surface area (Å²) in [6.45, 7) is 0.436. The Labute approximate surface area is 74.8 Å². The first-order valence-electron chi connectivity index (χ1n) is 3.44. The smallest absolute Gasteiger partial charge is 0.0589 e. The fraction of sp³-hybridized carbons (Fsp3) is 0.286. The molecule has 0 aliphatic carbocycles. The summed E-state index contributed by atoms with van der Waals surface area (Å²) in [6, 6.07) is 3.58. The molecule has 4 nitrogen and oxygen atoms in total. The maximum Gasteiger partial charge on any atom is 0.0589 e. The molecule has 0 atom stereocenters. The van der Waals surface area contributed by atoms with Crippen LogP contribution in [-0.2, 0) is 6.42 Å². The molecule has 1 aromatic heterocycles. The van der Waals surface area contributed by atoms with Crippen molar-refractivity contribution in [3.8, 4) is 0 Å². The van der Waals surface area contributed by atoms with E-state index in [-0.39, 0.29) is 0 Å². The standard InChI is InChI=1S/C7H7ClN4/c8-6-1-2-7(10-5-6)3-4-11-12-9/h1-2,5H,3-4H2. The van der Waals surface area contributed by atoms with E-state index in [1.807, 2.05) is 6.07 Å². The number of hydrogen-bond donors (Lipinski definition) is 0. The second-order valence-electron chi connectivity index (χ2n) is 2.17. The number of aromatic nitrogens is 1. The van der Waals surface area contributed by atoms with Crippen molar-refractivity contribution in [1.82, 2.24) is 4.98 Å². The normalized spacial score (nSPS) is 9.08. The Morgan fingerprint density at radius 1 is 1.58 bits per heavy atom. The van der Waals surface area contributed by atoms with E-state index in [1.54, 1.807) is 12.3 Å².